The van der Waals surface area contributed by atoms with Gasteiger partial charge < -0.3 is 15.0 Å². The van der Waals surface area contributed by atoms with Gasteiger partial charge in [0.2, 0.25) is 5.91 Å². The van der Waals surface area contributed by atoms with Crippen molar-refractivity contribution in [2.24, 2.45) is 0 Å². The number of benzene rings is 2. The van der Waals surface area contributed by atoms with Crippen molar-refractivity contribution in [2.75, 3.05) is 11.1 Å². The van der Waals surface area contributed by atoms with Crippen LogP contribution in [0.15, 0.2) is 59.9 Å². The van der Waals surface area contributed by atoms with E-state index in [4.69, 9.17) is 11.6 Å². The number of amides is 1. The number of imidazole rings is 1. The SMILES string of the molecule is O=C(CSc1ncc(CO)n1Cc1ccc(F)cc1)Nc1ccc(Cl)cc1. The van der Waals surface area contributed by atoms with Crippen LogP contribution >= 0.6 is 23.4 Å². The summed E-state index contributed by atoms with van der Waals surface area (Å²) in [6.07, 6.45) is 1.57. The number of aliphatic hydroxyl groups is 1. The summed E-state index contributed by atoms with van der Waals surface area (Å²) in [7, 11) is 0. The van der Waals surface area contributed by atoms with Gasteiger partial charge in [-0.05, 0) is 42.0 Å². The summed E-state index contributed by atoms with van der Waals surface area (Å²) in [5.41, 5.74) is 2.16. The highest BCUT2D eigenvalue weighted by Crippen LogP contribution is 2.21. The Kier molecular flexibility index (Phi) is 6.49. The van der Waals surface area contributed by atoms with Gasteiger partial charge >= 0.3 is 0 Å². The van der Waals surface area contributed by atoms with Crippen LogP contribution in [0.1, 0.15) is 11.3 Å². The number of carbonyl (C=O) groups excluding carboxylic acids is 1. The van der Waals surface area contributed by atoms with Crippen molar-refractivity contribution in [3.63, 3.8) is 0 Å². The first-order valence-electron chi connectivity index (χ1n) is 8.13. The fourth-order valence-corrected chi connectivity index (χ4v) is 3.36. The van der Waals surface area contributed by atoms with Crippen LogP contribution in [-0.2, 0) is 17.9 Å². The van der Waals surface area contributed by atoms with Gasteiger partial charge in [-0.25, -0.2) is 9.37 Å². The average Bonchev–Trinajstić information content (AvgIpc) is 3.05. The molecule has 0 spiro atoms. The summed E-state index contributed by atoms with van der Waals surface area (Å²) in [5, 5.41) is 13.5. The molecule has 8 heteroatoms. The van der Waals surface area contributed by atoms with Crippen LogP contribution in [0.25, 0.3) is 0 Å². The first kappa shape index (κ1) is 19.4. The molecule has 0 aliphatic heterocycles. The van der Waals surface area contributed by atoms with Gasteiger partial charge in [0.25, 0.3) is 0 Å². The second-order valence-corrected chi connectivity index (χ2v) is 7.13. The second-order valence-electron chi connectivity index (χ2n) is 5.75. The Hall–Kier alpha value is -2.35. The summed E-state index contributed by atoms with van der Waals surface area (Å²) in [5.74, 6) is -0.321. The lowest BCUT2D eigenvalue weighted by Gasteiger charge is -2.11. The first-order valence-corrected chi connectivity index (χ1v) is 9.49. The predicted molar refractivity (Wildman–Crippen MR) is 104 cm³/mol. The van der Waals surface area contributed by atoms with Crippen LogP contribution in [0.3, 0.4) is 0 Å². The number of halogens is 2. The zero-order valence-electron chi connectivity index (χ0n) is 14.2. The highest BCUT2D eigenvalue weighted by Gasteiger charge is 2.13. The maximum absolute atomic E-state index is 13.1. The van der Waals surface area contributed by atoms with E-state index in [1.165, 1.54) is 23.9 Å². The van der Waals surface area contributed by atoms with Crippen LogP contribution in [0.4, 0.5) is 10.1 Å². The number of anilines is 1. The number of aromatic nitrogens is 2. The summed E-state index contributed by atoms with van der Waals surface area (Å²) >= 11 is 7.09. The Morgan fingerprint density at radius 1 is 1.19 bits per heavy atom. The lowest BCUT2D eigenvalue weighted by atomic mass is 10.2. The molecule has 0 saturated carbocycles. The topological polar surface area (TPSA) is 67.1 Å². The quantitative estimate of drug-likeness (QED) is 0.584. The smallest absolute Gasteiger partial charge is 0.234 e. The highest BCUT2D eigenvalue weighted by atomic mass is 35.5. The van der Waals surface area contributed by atoms with E-state index >= 15 is 0 Å². The van der Waals surface area contributed by atoms with E-state index in [1.807, 2.05) is 4.57 Å². The molecule has 2 N–H and O–H groups in total. The Morgan fingerprint density at radius 3 is 2.56 bits per heavy atom. The molecule has 1 heterocycles. The van der Waals surface area contributed by atoms with Crippen LogP contribution in [0.5, 0.6) is 0 Å². The average molecular weight is 406 g/mol. The van der Waals surface area contributed by atoms with Crippen molar-refractivity contribution in [3.05, 3.63) is 76.8 Å². The standard InChI is InChI=1S/C19H17ClFN3O2S/c20-14-3-7-16(8-4-14)23-18(26)12-27-19-22-9-17(11-25)24(19)10-13-1-5-15(21)6-2-13/h1-9,25H,10-12H2,(H,23,26). The van der Waals surface area contributed by atoms with Crippen molar-refractivity contribution in [3.8, 4) is 0 Å². The van der Waals surface area contributed by atoms with Crippen molar-refractivity contribution in [1.29, 1.82) is 0 Å². The van der Waals surface area contributed by atoms with E-state index in [2.05, 4.69) is 10.3 Å². The van der Waals surface area contributed by atoms with E-state index in [0.717, 1.165) is 5.56 Å². The zero-order valence-corrected chi connectivity index (χ0v) is 15.8. The second kappa shape index (κ2) is 9.03. The molecular formula is C19H17ClFN3O2S. The number of aliphatic hydroxyl groups excluding tert-OH is 1. The molecule has 0 atom stereocenters. The minimum atomic E-state index is -0.305. The van der Waals surface area contributed by atoms with Crippen molar-refractivity contribution < 1.29 is 14.3 Å². The number of nitrogens with one attached hydrogen (secondary N) is 1. The van der Waals surface area contributed by atoms with Gasteiger partial charge in [0, 0.05) is 17.3 Å². The number of thioether (sulfide) groups is 1. The Balaban J connectivity index is 1.65. The largest absolute Gasteiger partial charge is 0.390 e. The molecule has 0 fully saturated rings. The van der Waals surface area contributed by atoms with Crippen molar-refractivity contribution >= 4 is 35.0 Å². The van der Waals surface area contributed by atoms with Crippen LogP contribution < -0.4 is 5.32 Å². The van der Waals surface area contributed by atoms with Gasteiger partial charge in [-0.2, -0.15) is 0 Å². The Labute approximate surface area is 165 Å². The Morgan fingerprint density at radius 2 is 1.89 bits per heavy atom. The van der Waals surface area contributed by atoms with E-state index in [1.54, 1.807) is 42.6 Å². The summed E-state index contributed by atoms with van der Waals surface area (Å²) < 4.78 is 14.9. The summed E-state index contributed by atoms with van der Waals surface area (Å²) in [4.78, 5) is 16.4. The molecule has 0 radical (unpaired) electrons. The van der Waals surface area contributed by atoms with Crippen LogP contribution in [-0.4, -0.2) is 26.3 Å². The van der Waals surface area contributed by atoms with Crippen LogP contribution in [0.2, 0.25) is 5.02 Å². The fraction of sp³-hybridized carbons (Fsp3) is 0.158. The Bertz CT molecular complexity index is 914. The molecule has 1 amide bonds. The third kappa shape index (κ3) is 5.32. The van der Waals surface area contributed by atoms with Crippen LogP contribution in [0, 0.1) is 5.82 Å². The first-order chi connectivity index (χ1) is 13.0. The number of hydrogen-bond acceptors (Lipinski definition) is 4. The maximum atomic E-state index is 13.1. The van der Waals surface area contributed by atoms with Gasteiger partial charge in [-0.1, -0.05) is 35.5 Å². The fourth-order valence-electron chi connectivity index (χ4n) is 2.44. The molecule has 3 aromatic rings. The van der Waals surface area contributed by atoms with Gasteiger partial charge in [0.05, 0.1) is 24.3 Å². The number of nitrogens with zero attached hydrogens (tertiary/aromatic N) is 2. The number of carbonyl (C=O) groups is 1. The normalized spacial score (nSPS) is 10.8. The monoisotopic (exact) mass is 405 g/mol. The molecule has 5 nitrogen and oxygen atoms in total. The molecule has 0 unspecified atom stereocenters. The lowest BCUT2D eigenvalue weighted by Crippen LogP contribution is -2.15. The summed E-state index contributed by atoms with van der Waals surface area (Å²) in [6.45, 7) is 0.253. The molecule has 2 aromatic carbocycles. The van der Waals surface area contributed by atoms with Crippen molar-refractivity contribution in [2.45, 2.75) is 18.3 Å². The number of rotatable bonds is 7. The van der Waals surface area contributed by atoms with Gasteiger partial charge in [-0.15, -0.1) is 0 Å². The highest BCUT2D eigenvalue weighted by molar-refractivity contribution is 7.99. The van der Waals surface area contributed by atoms with E-state index in [0.29, 0.717) is 28.1 Å². The molecule has 27 heavy (non-hydrogen) atoms. The molecule has 0 aliphatic carbocycles. The predicted octanol–water partition coefficient (Wildman–Crippen LogP) is 3.95. The molecule has 140 valence electrons. The molecular weight excluding hydrogens is 389 g/mol. The lowest BCUT2D eigenvalue weighted by molar-refractivity contribution is -0.113. The third-order valence-corrected chi connectivity index (χ3v) is 5.02. The minimum Gasteiger partial charge on any atom is -0.390 e. The molecule has 0 aliphatic rings. The van der Waals surface area contributed by atoms with E-state index in [9.17, 15) is 14.3 Å². The molecule has 1 aromatic heterocycles. The summed E-state index contributed by atoms with van der Waals surface area (Å²) in [6, 6.07) is 13.0. The maximum Gasteiger partial charge on any atom is 0.234 e. The molecule has 0 saturated heterocycles. The van der Waals surface area contributed by atoms with E-state index < -0.39 is 0 Å². The van der Waals surface area contributed by atoms with Crippen molar-refractivity contribution in [1.82, 2.24) is 9.55 Å². The van der Waals surface area contributed by atoms with Gasteiger partial charge in [0.15, 0.2) is 5.16 Å². The van der Waals surface area contributed by atoms with E-state index in [-0.39, 0.29) is 24.1 Å². The molecule has 3 rings (SSSR count). The molecule has 0 bridgehead atoms. The zero-order chi connectivity index (χ0) is 19.2. The number of hydrogen-bond donors (Lipinski definition) is 2. The van der Waals surface area contributed by atoms with Gasteiger partial charge in [-0.3, -0.25) is 4.79 Å². The van der Waals surface area contributed by atoms with Gasteiger partial charge in [0.1, 0.15) is 5.82 Å². The third-order valence-electron chi connectivity index (χ3n) is 3.78. The minimum absolute atomic E-state index is 0.161.